The van der Waals surface area contributed by atoms with Gasteiger partial charge in [-0.05, 0) is 37.1 Å². The number of nitriles is 1. The normalized spacial score (nSPS) is 16.5. The predicted molar refractivity (Wildman–Crippen MR) is 88.4 cm³/mol. The molecule has 1 aliphatic carbocycles. The summed E-state index contributed by atoms with van der Waals surface area (Å²) in [6, 6.07) is 9.09. The van der Waals surface area contributed by atoms with Gasteiger partial charge in [0.25, 0.3) is 5.91 Å². The van der Waals surface area contributed by atoms with Gasteiger partial charge in [0.05, 0.1) is 0 Å². The van der Waals surface area contributed by atoms with E-state index in [-0.39, 0.29) is 5.57 Å². The van der Waals surface area contributed by atoms with Gasteiger partial charge in [-0.1, -0.05) is 37.3 Å². The molecule has 116 valence electrons. The van der Waals surface area contributed by atoms with Crippen LogP contribution in [0.15, 0.2) is 36.0 Å². The lowest BCUT2D eigenvalue weighted by molar-refractivity contribution is -0.112. The summed E-state index contributed by atoms with van der Waals surface area (Å²) < 4.78 is 0. The minimum atomic E-state index is -0.411. The summed E-state index contributed by atoms with van der Waals surface area (Å²) in [7, 11) is 0. The molecule has 0 unspecified atom stereocenters. The molecule has 1 saturated carbocycles. The molecule has 1 aliphatic rings. The van der Waals surface area contributed by atoms with E-state index in [1.165, 1.54) is 25.7 Å². The number of hydrogen-bond donors (Lipinski definition) is 2. The maximum atomic E-state index is 12.1. The number of rotatable bonds is 4. The van der Waals surface area contributed by atoms with Crippen molar-refractivity contribution in [1.29, 1.82) is 5.26 Å². The van der Waals surface area contributed by atoms with Crippen molar-refractivity contribution < 1.29 is 4.79 Å². The summed E-state index contributed by atoms with van der Waals surface area (Å²) in [6.45, 7) is 0. The Morgan fingerprint density at radius 1 is 1.18 bits per heavy atom. The Bertz CT molecular complexity index is 567. The third-order valence-corrected chi connectivity index (χ3v) is 4.04. The Morgan fingerprint density at radius 2 is 1.82 bits per heavy atom. The van der Waals surface area contributed by atoms with Gasteiger partial charge in [0.15, 0.2) is 0 Å². The largest absolute Gasteiger partial charge is 0.387 e. The fourth-order valence-electron chi connectivity index (χ4n) is 2.53. The third kappa shape index (κ3) is 5.09. The van der Waals surface area contributed by atoms with Crippen molar-refractivity contribution in [3.63, 3.8) is 0 Å². The summed E-state index contributed by atoms with van der Waals surface area (Å²) in [5.74, 6) is -0.411. The molecule has 1 aromatic carbocycles. The maximum Gasteiger partial charge on any atom is 0.267 e. The van der Waals surface area contributed by atoms with Gasteiger partial charge in [-0.3, -0.25) is 4.79 Å². The van der Waals surface area contributed by atoms with Gasteiger partial charge < -0.3 is 10.6 Å². The highest BCUT2D eigenvalue weighted by atomic mass is 35.5. The lowest BCUT2D eigenvalue weighted by Gasteiger charge is -2.14. The number of nitrogens with zero attached hydrogens (tertiary/aromatic N) is 1. The van der Waals surface area contributed by atoms with Crippen molar-refractivity contribution in [2.24, 2.45) is 0 Å². The average Bonchev–Trinajstić information content (AvgIpc) is 2.79. The molecule has 0 atom stereocenters. The molecule has 0 heterocycles. The quantitative estimate of drug-likeness (QED) is 0.501. The second kappa shape index (κ2) is 8.45. The van der Waals surface area contributed by atoms with E-state index in [9.17, 15) is 4.79 Å². The van der Waals surface area contributed by atoms with Gasteiger partial charge >= 0.3 is 0 Å². The van der Waals surface area contributed by atoms with Crippen LogP contribution in [0.4, 0.5) is 5.69 Å². The van der Waals surface area contributed by atoms with E-state index in [1.807, 2.05) is 6.07 Å². The van der Waals surface area contributed by atoms with Gasteiger partial charge in [0.2, 0.25) is 0 Å². The van der Waals surface area contributed by atoms with Crippen LogP contribution in [0.1, 0.15) is 38.5 Å². The Balaban J connectivity index is 1.94. The zero-order valence-electron chi connectivity index (χ0n) is 12.4. The molecular weight excluding hydrogens is 298 g/mol. The van der Waals surface area contributed by atoms with Gasteiger partial charge in [-0.2, -0.15) is 5.26 Å². The van der Waals surface area contributed by atoms with E-state index in [2.05, 4.69) is 10.6 Å². The van der Waals surface area contributed by atoms with Crippen LogP contribution in [-0.2, 0) is 4.79 Å². The monoisotopic (exact) mass is 317 g/mol. The first-order valence-electron chi connectivity index (χ1n) is 7.62. The molecule has 22 heavy (non-hydrogen) atoms. The Morgan fingerprint density at radius 3 is 2.41 bits per heavy atom. The molecule has 4 nitrogen and oxygen atoms in total. The molecule has 1 aromatic rings. The molecular formula is C17H20ClN3O. The van der Waals surface area contributed by atoms with Gasteiger partial charge in [0, 0.05) is 23.0 Å². The number of halogens is 1. The zero-order valence-corrected chi connectivity index (χ0v) is 13.2. The molecule has 0 saturated heterocycles. The van der Waals surface area contributed by atoms with Crippen LogP contribution in [0.5, 0.6) is 0 Å². The first kappa shape index (κ1) is 16.4. The van der Waals surface area contributed by atoms with Crippen LogP contribution in [0.3, 0.4) is 0 Å². The van der Waals surface area contributed by atoms with Gasteiger partial charge in [-0.15, -0.1) is 0 Å². The van der Waals surface area contributed by atoms with E-state index in [0.29, 0.717) is 16.8 Å². The molecule has 0 radical (unpaired) electrons. The lowest BCUT2D eigenvalue weighted by Crippen LogP contribution is -2.25. The van der Waals surface area contributed by atoms with E-state index in [0.717, 1.165) is 12.8 Å². The predicted octanol–water partition coefficient (Wildman–Crippen LogP) is 4.00. The Kier molecular flexibility index (Phi) is 6.29. The molecule has 2 N–H and O–H groups in total. The summed E-state index contributed by atoms with van der Waals surface area (Å²) in [6.07, 6.45) is 8.66. The fraction of sp³-hybridized carbons (Fsp3) is 0.412. The maximum absolute atomic E-state index is 12.1. The molecule has 5 heteroatoms. The van der Waals surface area contributed by atoms with E-state index < -0.39 is 5.91 Å². The third-order valence-electron chi connectivity index (χ3n) is 3.79. The molecule has 1 fully saturated rings. The zero-order chi connectivity index (χ0) is 15.8. The number of anilines is 1. The average molecular weight is 318 g/mol. The summed E-state index contributed by atoms with van der Waals surface area (Å²) in [4.78, 5) is 12.1. The van der Waals surface area contributed by atoms with E-state index >= 15 is 0 Å². The molecule has 2 rings (SSSR count). The summed E-state index contributed by atoms with van der Waals surface area (Å²) >= 11 is 5.80. The first-order valence-corrected chi connectivity index (χ1v) is 8.00. The van der Waals surface area contributed by atoms with Crippen LogP contribution >= 0.6 is 11.6 Å². The van der Waals surface area contributed by atoms with Crippen molar-refractivity contribution >= 4 is 23.2 Å². The fourth-order valence-corrected chi connectivity index (χ4v) is 2.65. The van der Waals surface area contributed by atoms with Crippen molar-refractivity contribution in [2.75, 3.05) is 5.32 Å². The van der Waals surface area contributed by atoms with Crippen LogP contribution < -0.4 is 10.6 Å². The SMILES string of the molecule is N#C/C(=C/NC1CCCCCC1)C(=O)Nc1ccc(Cl)cc1. The second-order valence-electron chi connectivity index (χ2n) is 5.49. The highest BCUT2D eigenvalue weighted by Crippen LogP contribution is 2.17. The van der Waals surface area contributed by atoms with Crippen molar-refractivity contribution in [1.82, 2.24) is 5.32 Å². The number of hydrogen-bond acceptors (Lipinski definition) is 3. The summed E-state index contributed by atoms with van der Waals surface area (Å²) in [5, 5.41) is 15.7. The van der Waals surface area contributed by atoms with E-state index in [4.69, 9.17) is 16.9 Å². The highest BCUT2D eigenvalue weighted by Gasteiger charge is 2.13. The van der Waals surface area contributed by atoms with Crippen molar-refractivity contribution in [2.45, 2.75) is 44.6 Å². The molecule has 1 amide bonds. The first-order chi connectivity index (χ1) is 10.7. The van der Waals surface area contributed by atoms with E-state index in [1.54, 1.807) is 30.5 Å². The molecule has 0 bridgehead atoms. The van der Waals surface area contributed by atoms with Gasteiger partial charge in [0.1, 0.15) is 11.6 Å². The number of amides is 1. The lowest BCUT2D eigenvalue weighted by atomic mass is 10.1. The number of nitrogens with one attached hydrogen (secondary N) is 2. The minimum Gasteiger partial charge on any atom is -0.387 e. The topological polar surface area (TPSA) is 64.9 Å². The van der Waals surface area contributed by atoms with Crippen LogP contribution in [-0.4, -0.2) is 11.9 Å². The van der Waals surface area contributed by atoms with Crippen LogP contribution in [0, 0.1) is 11.3 Å². The standard InChI is InChI=1S/C17H20ClN3O/c18-14-7-9-16(10-8-14)21-17(22)13(11-19)12-20-15-5-3-1-2-4-6-15/h7-10,12,15,20H,1-6H2,(H,21,22)/b13-12-. The van der Waals surface area contributed by atoms with Gasteiger partial charge in [-0.25, -0.2) is 0 Å². The van der Waals surface area contributed by atoms with Crippen molar-refractivity contribution in [3.05, 3.63) is 41.1 Å². The smallest absolute Gasteiger partial charge is 0.267 e. The Hall–Kier alpha value is -1.99. The Labute approximate surface area is 136 Å². The number of carbonyl (C=O) groups is 1. The molecule has 0 aliphatic heterocycles. The highest BCUT2D eigenvalue weighted by molar-refractivity contribution is 6.30. The van der Waals surface area contributed by atoms with Crippen LogP contribution in [0.25, 0.3) is 0 Å². The number of benzene rings is 1. The van der Waals surface area contributed by atoms with Crippen LogP contribution in [0.2, 0.25) is 5.02 Å². The molecule has 0 spiro atoms. The number of carbonyl (C=O) groups excluding carboxylic acids is 1. The summed E-state index contributed by atoms with van der Waals surface area (Å²) in [5.41, 5.74) is 0.698. The second-order valence-corrected chi connectivity index (χ2v) is 5.92. The minimum absolute atomic E-state index is 0.0826. The molecule has 0 aromatic heterocycles. The van der Waals surface area contributed by atoms with Crippen molar-refractivity contribution in [3.8, 4) is 6.07 Å².